The fourth-order valence-electron chi connectivity index (χ4n) is 1.28. The number of hydrogen-bond acceptors (Lipinski definition) is 5. The van der Waals surface area contributed by atoms with E-state index in [1.165, 1.54) is 19.2 Å². The van der Waals surface area contributed by atoms with Crippen molar-refractivity contribution in [3.05, 3.63) is 33.3 Å². The summed E-state index contributed by atoms with van der Waals surface area (Å²) in [6.07, 6.45) is -0.727. The van der Waals surface area contributed by atoms with Crippen LogP contribution in [-0.2, 0) is 4.74 Å². The molecule has 0 saturated heterocycles. The number of anilines is 1. The molecule has 0 radical (unpaired) electrons. The highest BCUT2D eigenvalue weighted by molar-refractivity contribution is 6.30. The van der Waals surface area contributed by atoms with Gasteiger partial charge in [-0.25, -0.2) is 0 Å². The van der Waals surface area contributed by atoms with Crippen LogP contribution in [0, 0.1) is 10.1 Å². The molecular formula is C10H13ClN2O4. The molecule has 0 aliphatic rings. The lowest BCUT2D eigenvalue weighted by atomic mass is 10.2. The number of benzene rings is 1. The molecule has 1 unspecified atom stereocenters. The number of methoxy groups -OCH3 is 1. The van der Waals surface area contributed by atoms with E-state index in [9.17, 15) is 15.2 Å². The molecule has 94 valence electrons. The second-order valence-electron chi connectivity index (χ2n) is 3.41. The van der Waals surface area contributed by atoms with Crippen LogP contribution in [0.4, 0.5) is 11.4 Å². The molecule has 0 spiro atoms. The Morgan fingerprint density at radius 2 is 2.35 bits per heavy atom. The van der Waals surface area contributed by atoms with Crippen molar-refractivity contribution in [1.29, 1.82) is 0 Å². The second kappa shape index (κ2) is 6.39. The van der Waals surface area contributed by atoms with Gasteiger partial charge in [-0.3, -0.25) is 10.1 Å². The van der Waals surface area contributed by atoms with Crippen LogP contribution < -0.4 is 5.32 Å². The predicted molar refractivity (Wildman–Crippen MR) is 64.5 cm³/mol. The molecule has 2 N–H and O–H groups in total. The maximum absolute atomic E-state index is 10.8. The largest absolute Gasteiger partial charge is 0.389 e. The van der Waals surface area contributed by atoms with Crippen LogP contribution in [0.2, 0.25) is 5.02 Å². The van der Waals surface area contributed by atoms with Gasteiger partial charge < -0.3 is 15.2 Å². The van der Waals surface area contributed by atoms with Crippen molar-refractivity contribution in [2.24, 2.45) is 0 Å². The van der Waals surface area contributed by atoms with E-state index in [0.717, 1.165) is 0 Å². The standard InChI is InChI=1S/C10H13ClN2O4/c1-17-6-8(14)5-12-9-3-2-7(11)4-10(9)13(15)16/h2-4,8,12,14H,5-6H2,1H3. The molecule has 0 aliphatic heterocycles. The lowest BCUT2D eigenvalue weighted by Gasteiger charge is -2.11. The van der Waals surface area contributed by atoms with Crippen LogP contribution >= 0.6 is 11.6 Å². The van der Waals surface area contributed by atoms with Gasteiger partial charge in [0.05, 0.1) is 17.6 Å². The number of halogens is 1. The Hall–Kier alpha value is -1.37. The van der Waals surface area contributed by atoms with Crippen LogP contribution in [0.15, 0.2) is 18.2 Å². The minimum Gasteiger partial charge on any atom is -0.389 e. The number of aliphatic hydroxyl groups excluding tert-OH is 1. The number of hydrogen-bond donors (Lipinski definition) is 2. The molecule has 1 aromatic rings. The van der Waals surface area contributed by atoms with Crippen molar-refractivity contribution in [1.82, 2.24) is 0 Å². The Labute approximate surface area is 103 Å². The molecule has 1 atom stereocenters. The van der Waals surface area contributed by atoms with E-state index in [1.807, 2.05) is 0 Å². The second-order valence-corrected chi connectivity index (χ2v) is 3.85. The number of aliphatic hydroxyl groups is 1. The maximum Gasteiger partial charge on any atom is 0.293 e. The van der Waals surface area contributed by atoms with E-state index in [4.69, 9.17) is 16.3 Å². The van der Waals surface area contributed by atoms with Gasteiger partial charge in [0.2, 0.25) is 0 Å². The quantitative estimate of drug-likeness (QED) is 0.600. The summed E-state index contributed by atoms with van der Waals surface area (Å²) in [5, 5.41) is 23.2. The van der Waals surface area contributed by atoms with E-state index in [-0.39, 0.29) is 18.8 Å². The summed E-state index contributed by atoms with van der Waals surface area (Å²) < 4.78 is 4.74. The lowest BCUT2D eigenvalue weighted by molar-refractivity contribution is -0.383. The average molecular weight is 261 g/mol. The molecule has 0 fully saturated rings. The van der Waals surface area contributed by atoms with Crippen molar-refractivity contribution >= 4 is 23.0 Å². The summed E-state index contributed by atoms with van der Waals surface area (Å²) in [5.74, 6) is 0. The first-order valence-electron chi connectivity index (χ1n) is 4.89. The van der Waals surface area contributed by atoms with Crippen molar-refractivity contribution in [3.63, 3.8) is 0 Å². The van der Waals surface area contributed by atoms with Crippen LogP contribution in [-0.4, -0.2) is 36.4 Å². The normalized spacial score (nSPS) is 12.2. The van der Waals surface area contributed by atoms with Crippen molar-refractivity contribution in [2.75, 3.05) is 25.6 Å². The van der Waals surface area contributed by atoms with E-state index in [0.29, 0.717) is 10.7 Å². The number of ether oxygens (including phenoxy) is 1. The highest BCUT2D eigenvalue weighted by Crippen LogP contribution is 2.27. The summed E-state index contributed by atoms with van der Waals surface area (Å²) in [4.78, 5) is 10.2. The number of nitrogens with one attached hydrogen (secondary N) is 1. The average Bonchev–Trinajstić information content (AvgIpc) is 2.27. The first kappa shape index (κ1) is 13.7. The van der Waals surface area contributed by atoms with E-state index < -0.39 is 11.0 Å². The summed E-state index contributed by atoms with van der Waals surface area (Å²) in [5.41, 5.74) is 0.191. The van der Waals surface area contributed by atoms with Gasteiger partial charge in [0, 0.05) is 24.7 Å². The van der Waals surface area contributed by atoms with E-state index in [2.05, 4.69) is 5.32 Å². The minimum atomic E-state index is -0.727. The topological polar surface area (TPSA) is 84.6 Å². The van der Waals surface area contributed by atoms with Crippen LogP contribution in [0.3, 0.4) is 0 Å². The molecule has 6 nitrogen and oxygen atoms in total. The van der Waals surface area contributed by atoms with Gasteiger partial charge in [-0.1, -0.05) is 11.6 Å². The summed E-state index contributed by atoms with van der Waals surface area (Å²) >= 11 is 5.67. The zero-order valence-electron chi connectivity index (χ0n) is 9.22. The van der Waals surface area contributed by atoms with E-state index >= 15 is 0 Å². The van der Waals surface area contributed by atoms with Gasteiger partial charge in [0.15, 0.2) is 0 Å². The molecule has 0 saturated carbocycles. The molecule has 1 rings (SSSR count). The van der Waals surface area contributed by atoms with Gasteiger partial charge in [0.1, 0.15) is 5.69 Å². The first-order chi connectivity index (χ1) is 8.04. The van der Waals surface area contributed by atoms with Crippen LogP contribution in [0.1, 0.15) is 0 Å². The number of rotatable bonds is 6. The molecule has 0 aliphatic carbocycles. The highest BCUT2D eigenvalue weighted by atomic mass is 35.5. The molecule has 17 heavy (non-hydrogen) atoms. The van der Waals surface area contributed by atoms with Gasteiger partial charge in [-0.15, -0.1) is 0 Å². The van der Waals surface area contributed by atoms with Gasteiger partial charge in [-0.05, 0) is 12.1 Å². The molecule has 0 amide bonds. The van der Waals surface area contributed by atoms with Crippen molar-refractivity contribution in [2.45, 2.75) is 6.10 Å². The lowest BCUT2D eigenvalue weighted by Crippen LogP contribution is -2.24. The Kier molecular flexibility index (Phi) is 5.14. The van der Waals surface area contributed by atoms with Gasteiger partial charge in [-0.2, -0.15) is 0 Å². The minimum absolute atomic E-state index is 0.123. The maximum atomic E-state index is 10.8. The molecule has 0 heterocycles. The van der Waals surface area contributed by atoms with Crippen molar-refractivity contribution in [3.8, 4) is 0 Å². The number of nitrogens with zero attached hydrogens (tertiary/aromatic N) is 1. The predicted octanol–water partition coefficient (Wildman–Crippen LogP) is 1.67. The van der Waals surface area contributed by atoms with E-state index in [1.54, 1.807) is 6.07 Å². The summed E-state index contributed by atoms with van der Waals surface area (Å²) in [6, 6.07) is 4.30. The van der Waals surface area contributed by atoms with Crippen molar-refractivity contribution < 1.29 is 14.8 Å². The Balaban J connectivity index is 2.73. The Morgan fingerprint density at radius 3 is 2.94 bits per heavy atom. The molecule has 0 aromatic heterocycles. The smallest absolute Gasteiger partial charge is 0.293 e. The fourth-order valence-corrected chi connectivity index (χ4v) is 1.45. The Bertz CT molecular complexity index is 400. The third kappa shape index (κ3) is 4.18. The highest BCUT2D eigenvalue weighted by Gasteiger charge is 2.14. The van der Waals surface area contributed by atoms with Crippen LogP contribution in [0.5, 0.6) is 0 Å². The zero-order valence-corrected chi connectivity index (χ0v) is 9.98. The SMILES string of the molecule is COCC(O)CNc1ccc(Cl)cc1[N+](=O)[O-]. The van der Waals surface area contributed by atoms with Crippen LogP contribution in [0.25, 0.3) is 0 Å². The fraction of sp³-hybridized carbons (Fsp3) is 0.400. The van der Waals surface area contributed by atoms with Gasteiger partial charge in [0.25, 0.3) is 5.69 Å². The molecule has 0 bridgehead atoms. The monoisotopic (exact) mass is 260 g/mol. The number of nitro groups is 1. The van der Waals surface area contributed by atoms with Gasteiger partial charge >= 0.3 is 0 Å². The Morgan fingerprint density at radius 1 is 1.65 bits per heavy atom. The first-order valence-corrected chi connectivity index (χ1v) is 5.27. The molecular weight excluding hydrogens is 248 g/mol. The summed E-state index contributed by atoms with van der Waals surface area (Å²) in [7, 11) is 1.47. The zero-order chi connectivity index (χ0) is 12.8. The summed E-state index contributed by atoms with van der Waals surface area (Å²) in [6.45, 7) is 0.324. The third-order valence-electron chi connectivity index (χ3n) is 2.04. The molecule has 7 heteroatoms. The third-order valence-corrected chi connectivity index (χ3v) is 2.28. The number of nitro benzene ring substituents is 1. The molecule has 1 aromatic carbocycles.